The molecule has 0 saturated carbocycles. The van der Waals surface area contributed by atoms with Crippen LogP contribution < -0.4 is 15.5 Å². The molecule has 8 heteroatoms. The average Bonchev–Trinajstić information content (AvgIpc) is 2.77. The smallest absolute Gasteiger partial charge is 0.228 e. The monoisotopic (exact) mass is 437 g/mol. The molecule has 0 aliphatic carbocycles. The van der Waals surface area contributed by atoms with Gasteiger partial charge >= 0.3 is 0 Å². The summed E-state index contributed by atoms with van der Waals surface area (Å²) in [5.41, 5.74) is 2.52. The summed E-state index contributed by atoms with van der Waals surface area (Å²) in [6, 6.07) is 16.7. The summed E-state index contributed by atoms with van der Waals surface area (Å²) in [5, 5.41) is 6.88. The first-order valence-electron chi connectivity index (χ1n) is 10.1. The van der Waals surface area contributed by atoms with Crippen LogP contribution in [0.2, 0.25) is 5.02 Å². The minimum Gasteiger partial charge on any atom is -0.378 e. The van der Waals surface area contributed by atoms with Gasteiger partial charge in [0.2, 0.25) is 5.91 Å². The fourth-order valence-corrected chi connectivity index (χ4v) is 3.47. The molecular formula is C23H24ClN5O2. The molecule has 1 aliphatic heterocycles. The summed E-state index contributed by atoms with van der Waals surface area (Å²) in [6.07, 6.45) is 0.293. The fraction of sp³-hybridized carbons (Fsp3) is 0.261. The van der Waals surface area contributed by atoms with Crippen molar-refractivity contribution in [3.8, 4) is 0 Å². The SMILES string of the molecule is Cc1nc(Nc2ccc(NC(=O)Cc3ccc(Cl)cc3)cc2)cc(N2CCOCC2)n1. The van der Waals surface area contributed by atoms with Crippen LogP contribution in [-0.2, 0) is 16.0 Å². The van der Waals surface area contributed by atoms with Gasteiger partial charge in [-0.1, -0.05) is 23.7 Å². The van der Waals surface area contributed by atoms with E-state index in [1.54, 1.807) is 12.1 Å². The highest BCUT2D eigenvalue weighted by Gasteiger charge is 2.14. The molecule has 3 aromatic rings. The van der Waals surface area contributed by atoms with Crippen molar-refractivity contribution >= 4 is 40.5 Å². The number of benzene rings is 2. The standard InChI is InChI=1S/C23H24ClN5O2/c1-16-25-21(15-22(26-16)29-10-12-31-13-11-29)27-19-6-8-20(9-7-19)28-23(30)14-17-2-4-18(24)5-3-17/h2-9,15H,10-14H2,1H3,(H,28,30)(H,25,26,27). The van der Waals surface area contributed by atoms with E-state index in [-0.39, 0.29) is 5.91 Å². The number of aryl methyl sites for hydroxylation is 1. The summed E-state index contributed by atoms with van der Waals surface area (Å²) >= 11 is 5.89. The predicted molar refractivity (Wildman–Crippen MR) is 123 cm³/mol. The van der Waals surface area contributed by atoms with Crippen molar-refractivity contribution < 1.29 is 9.53 Å². The van der Waals surface area contributed by atoms with E-state index in [2.05, 4.69) is 25.5 Å². The van der Waals surface area contributed by atoms with Crippen molar-refractivity contribution in [2.24, 2.45) is 0 Å². The minimum absolute atomic E-state index is 0.0791. The maximum absolute atomic E-state index is 12.3. The molecule has 1 fully saturated rings. The van der Waals surface area contributed by atoms with Gasteiger partial charge in [-0.2, -0.15) is 0 Å². The molecule has 1 saturated heterocycles. The van der Waals surface area contributed by atoms with E-state index in [0.29, 0.717) is 30.5 Å². The zero-order valence-corrected chi connectivity index (χ0v) is 18.0. The fourth-order valence-electron chi connectivity index (χ4n) is 3.35. The van der Waals surface area contributed by atoms with Crippen LogP contribution in [0.15, 0.2) is 54.6 Å². The Hall–Kier alpha value is -3.16. The van der Waals surface area contributed by atoms with E-state index in [9.17, 15) is 4.79 Å². The van der Waals surface area contributed by atoms with Crippen LogP contribution in [0, 0.1) is 6.92 Å². The number of hydrogen-bond donors (Lipinski definition) is 2. The molecule has 31 heavy (non-hydrogen) atoms. The first kappa shape index (κ1) is 21.1. The highest BCUT2D eigenvalue weighted by molar-refractivity contribution is 6.30. The quantitative estimate of drug-likeness (QED) is 0.601. The normalized spacial score (nSPS) is 13.7. The summed E-state index contributed by atoms with van der Waals surface area (Å²) < 4.78 is 5.42. The first-order chi connectivity index (χ1) is 15.0. The number of aromatic nitrogens is 2. The van der Waals surface area contributed by atoms with E-state index >= 15 is 0 Å². The largest absolute Gasteiger partial charge is 0.378 e. The number of morpholine rings is 1. The van der Waals surface area contributed by atoms with Gasteiger partial charge in [0.25, 0.3) is 0 Å². The third-order valence-electron chi connectivity index (χ3n) is 4.88. The lowest BCUT2D eigenvalue weighted by atomic mass is 10.1. The highest BCUT2D eigenvalue weighted by Crippen LogP contribution is 2.22. The Kier molecular flexibility index (Phi) is 6.64. The van der Waals surface area contributed by atoms with Gasteiger partial charge < -0.3 is 20.3 Å². The molecule has 2 heterocycles. The number of nitrogens with one attached hydrogen (secondary N) is 2. The lowest BCUT2D eigenvalue weighted by molar-refractivity contribution is -0.115. The van der Waals surface area contributed by atoms with Crippen LogP contribution in [0.25, 0.3) is 0 Å². The molecule has 2 N–H and O–H groups in total. The van der Waals surface area contributed by atoms with Crippen molar-refractivity contribution in [1.82, 2.24) is 9.97 Å². The van der Waals surface area contributed by atoms with Crippen LogP contribution in [-0.4, -0.2) is 42.2 Å². The van der Waals surface area contributed by atoms with Gasteiger partial charge in [-0.05, 0) is 48.9 Å². The predicted octanol–water partition coefficient (Wildman–Crippen LogP) is 4.20. The number of carbonyl (C=O) groups is 1. The first-order valence-corrected chi connectivity index (χ1v) is 10.5. The maximum Gasteiger partial charge on any atom is 0.228 e. The zero-order chi connectivity index (χ0) is 21.6. The Morgan fingerprint density at radius 2 is 1.71 bits per heavy atom. The number of hydrogen-bond acceptors (Lipinski definition) is 6. The molecule has 1 aromatic heterocycles. The van der Waals surface area contributed by atoms with Crippen LogP contribution in [0.4, 0.5) is 23.0 Å². The molecule has 160 valence electrons. The molecule has 0 spiro atoms. The lowest BCUT2D eigenvalue weighted by Gasteiger charge is -2.28. The molecule has 1 aliphatic rings. The van der Waals surface area contributed by atoms with E-state index < -0.39 is 0 Å². The molecule has 0 bridgehead atoms. The van der Waals surface area contributed by atoms with Gasteiger partial charge in [-0.3, -0.25) is 4.79 Å². The maximum atomic E-state index is 12.3. The summed E-state index contributed by atoms with van der Waals surface area (Å²) in [4.78, 5) is 23.5. The second-order valence-corrected chi connectivity index (χ2v) is 7.75. The van der Waals surface area contributed by atoms with E-state index in [1.165, 1.54) is 0 Å². The number of ether oxygens (including phenoxy) is 1. The third kappa shape index (κ3) is 5.93. The minimum atomic E-state index is -0.0791. The number of rotatable bonds is 6. The number of nitrogens with zero attached hydrogens (tertiary/aromatic N) is 3. The van der Waals surface area contributed by atoms with Gasteiger partial charge in [-0.25, -0.2) is 9.97 Å². The Labute approximate surface area is 186 Å². The van der Waals surface area contributed by atoms with E-state index in [1.807, 2.05) is 49.4 Å². The molecule has 7 nitrogen and oxygen atoms in total. The Morgan fingerprint density at radius 1 is 1.03 bits per heavy atom. The summed E-state index contributed by atoms with van der Waals surface area (Å²) in [7, 11) is 0. The molecule has 0 radical (unpaired) electrons. The number of amides is 1. The molecule has 1 amide bonds. The van der Waals surface area contributed by atoms with Gasteiger partial charge in [-0.15, -0.1) is 0 Å². The molecule has 2 aromatic carbocycles. The van der Waals surface area contributed by atoms with Crippen LogP contribution in [0.1, 0.15) is 11.4 Å². The zero-order valence-electron chi connectivity index (χ0n) is 17.3. The Bertz CT molecular complexity index is 1030. The molecular weight excluding hydrogens is 414 g/mol. The van der Waals surface area contributed by atoms with Crippen molar-refractivity contribution in [2.45, 2.75) is 13.3 Å². The van der Waals surface area contributed by atoms with Crippen molar-refractivity contribution in [3.63, 3.8) is 0 Å². The topological polar surface area (TPSA) is 79.4 Å². The van der Waals surface area contributed by atoms with Crippen LogP contribution >= 0.6 is 11.6 Å². The van der Waals surface area contributed by atoms with Crippen LogP contribution in [0.5, 0.6) is 0 Å². The summed E-state index contributed by atoms with van der Waals surface area (Å²) in [6.45, 7) is 4.93. The second kappa shape index (κ2) is 9.76. The molecule has 0 atom stereocenters. The van der Waals surface area contributed by atoms with Crippen molar-refractivity contribution in [1.29, 1.82) is 0 Å². The Morgan fingerprint density at radius 3 is 2.42 bits per heavy atom. The van der Waals surface area contributed by atoms with Crippen LogP contribution in [0.3, 0.4) is 0 Å². The van der Waals surface area contributed by atoms with Gasteiger partial charge in [0, 0.05) is 35.6 Å². The highest BCUT2D eigenvalue weighted by atomic mass is 35.5. The van der Waals surface area contributed by atoms with Gasteiger partial charge in [0.05, 0.1) is 19.6 Å². The second-order valence-electron chi connectivity index (χ2n) is 7.31. The van der Waals surface area contributed by atoms with E-state index in [4.69, 9.17) is 16.3 Å². The average molecular weight is 438 g/mol. The molecule has 4 rings (SSSR count). The van der Waals surface area contributed by atoms with Crippen molar-refractivity contribution in [2.75, 3.05) is 41.8 Å². The number of halogens is 1. The van der Waals surface area contributed by atoms with E-state index in [0.717, 1.165) is 41.7 Å². The lowest BCUT2D eigenvalue weighted by Crippen LogP contribution is -2.36. The number of carbonyl (C=O) groups excluding carboxylic acids is 1. The number of anilines is 4. The van der Waals surface area contributed by atoms with Crippen molar-refractivity contribution in [3.05, 3.63) is 71.0 Å². The Balaban J connectivity index is 1.37. The van der Waals surface area contributed by atoms with Gasteiger partial charge in [0.15, 0.2) is 0 Å². The van der Waals surface area contributed by atoms with Gasteiger partial charge in [0.1, 0.15) is 17.5 Å². The third-order valence-corrected chi connectivity index (χ3v) is 5.13. The summed E-state index contributed by atoms with van der Waals surface area (Å²) in [5.74, 6) is 2.25. The molecule has 0 unspecified atom stereocenters.